The summed E-state index contributed by atoms with van der Waals surface area (Å²) in [4.78, 5) is 29.5. The molecule has 8 heteroatoms. The summed E-state index contributed by atoms with van der Waals surface area (Å²) < 4.78 is 7.28. The highest BCUT2D eigenvalue weighted by Crippen LogP contribution is 2.28. The molecule has 2 amide bonds. The van der Waals surface area contributed by atoms with Gasteiger partial charge < -0.3 is 15.4 Å². The fraction of sp³-hybridized carbons (Fsp3) is 0.192. The molecule has 0 aliphatic carbocycles. The van der Waals surface area contributed by atoms with Crippen LogP contribution in [-0.2, 0) is 9.59 Å². The zero-order valence-corrected chi connectivity index (χ0v) is 20.1. The third kappa shape index (κ3) is 5.23. The number of hydrogen-bond acceptors (Lipinski definition) is 5. The zero-order valence-electron chi connectivity index (χ0n) is 19.3. The topological polar surface area (TPSA) is 85.2 Å². The van der Waals surface area contributed by atoms with Crippen LogP contribution in [-0.4, -0.2) is 40.8 Å². The number of anilines is 1. The molecule has 1 aromatic heterocycles. The Balaban J connectivity index is 1.41. The SMILES string of the molecule is COc1ccc(-n2c(SCC(=O)NCC(=O)Nc3cccc(C)c3C)nc3ccccc32)cc1. The predicted octanol–water partition coefficient (Wildman–Crippen LogP) is 4.50. The van der Waals surface area contributed by atoms with Crippen LogP contribution in [0.25, 0.3) is 16.7 Å². The normalized spacial score (nSPS) is 10.8. The van der Waals surface area contributed by atoms with E-state index in [0.717, 1.165) is 39.3 Å². The molecule has 4 rings (SSSR count). The van der Waals surface area contributed by atoms with E-state index >= 15 is 0 Å². The number of rotatable bonds is 8. The van der Waals surface area contributed by atoms with Crippen molar-refractivity contribution in [3.63, 3.8) is 0 Å². The van der Waals surface area contributed by atoms with Crippen LogP contribution >= 0.6 is 11.8 Å². The number of carbonyl (C=O) groups is 2. The zero-order chi connectivity index (χ0) is 24.1. The Bertz CT molecular complexity index is 1330. The molecule has 0 fully saturated rings. The number of benzene rings is 3. The highest BCUT2D eigenvalue weighted by atomic mass is 32.2. The number of amides is 2. The number of fused-ring (bicyclic) bond motifs is 1. The van der Waals surface area contributed by atoms with E-state index in [1.807, 2.05) is 85.1 Å². The summed E-state index contributed by atoms with van der Waals surface area (Å²) in [5.74, 6) is 0.392. The molecule has 34 heavy (non-hydrogen) atoms. The van der Waals surface area contributed by atoms with Gasteiger partial charge in [-0.25, -0.2) is 4.98 Å². The maximum absolute atomic E-state index is 12.5. The highest BCUT2D eigenvalue weighted by molar-refractivity contribution is 7.99. The number of nitrogens with zero attached hydrogens (tertiary/aromatic N) is 2. The summed E-state index contributed by atoms with van der Waals surface area (Å²) in [6.45, 7) is 3.85. The molecule has 0 radical (unpaired) electrons. The molecule has 3 aromatic carbocycles. The maximum Gasteiger partial charge on any atom is 0.243 e. The molecule has 0 bridgehead atoms. The van der Waals surface area contributed by atoms with E-state index in [2.05, 4.69) is 10.6 Å². The molecule has 1 heterocycles. The third-order valence-corrected chi connectivity index (χ3v) is 6.46. The van der Waals surface area contributed by atoms with Crippen molar-refractivity contribution in [3.05, 3.63) is 77.9 Å². The van der Waals surface area contributed by atoms with Crippen molar-refractivity contribution in [1.29, 1.82) is 0 Å². The van der Waals surface area contributed by atoms with Crippen LogP contribution in [0.5, 0.6) is 5.75 Å². The van der Waals surface area contributed by atoms with E-state index in [4.69, 9.17) is 9.72 Å². The molecule has 0 saturated carbocycles. The number of ether oxygens (including phenoxy) is 1. The largest absolute Gasteiger partial charge is 0.497 e. The lowest BCUT2D eigenvalue weighted by Crippen LogP contribution is -2.34. The third-order valence-electron chi connectivity index (χ3n) is 5.52. The lowest BCUT2D eigenvalue weighted by Gasteiger charge is -2.11. The minimum absolute atomic E-state index is 0.0956. The first-order valence-corrected chi connectivity index (χ1v) is 11.8. The minimum atomic E-state index is -0.266. The average molecular weight is 475 g/mol. The van der Waals surface area contributed by atoms with E-state index in [-0.39, 0.29) is 24.1 Å². The fourth-order valence-corrected chi connectivity index (χ4v) is 4.38. The summed E-state index contributed by atoms with van der Waals surface area (Å²) in [7, 11) is 1.63. The fourth-order valence-electron chi connectivity index (χ4n) is 3.52. The van der Waals surface area contributed by atoms with E-state index in [0.29, 0.717) is 5.16 Å². The van der Waals surface area contributed by atoms with Gasteiger partial charge in [-0.2, -0.15) is 0 Å². The van der Waals surface area contributed by atoms with Gasteiger partial charge in [-0.1, -0.05) is 36.0 Å². The summed E-state index contributed by atoms with van der Waals surface area (Å²) in [6, 6.07) is 21.2. The van der Waals surface area contributed by atoms with Crippen molar-refractivity contribution >= 4 is 40.3 Å². The molecule has 0 unspecified atom stereocenters. The van der Waals surface area contributed by atoms with Crippen molar-refractivity contribution in [3.8, 4) is 11.4 Å². The molecule has 174 valence electrons. The van der Waals surface area contributed by atoms with Gasteiger partial charge in [0.05, 0.1) is 30.4 Å². The van der Waals surface area contributed by atoms with Crippen molar-refractivity contribution < 1.29 is 14.3 Å². The van der Waals surface area contributed by atoms with Crippen molar-refractivity contribution in [2.24, 2.45) is 0 Å². The van der Waals surface area contributed by atoms with E-state index in [1.165, 1.54) is 11.8 Å². The monoisotopic (exact) mass is 474 g/mol. The number of methoxy groups -OCH3 is 1. The number of carbonyl (C=O) groups excluding carboxylic acids is 2. The molecule has 7 nitrogen and oxygen atoms in total. The van der Waals surface area contributed by atoms with Gasteiger partial charge >= 0.3 is 0 Å². The smallest absolute Gasteiger partial charge is 0.243 e. The van der Waals surface area contributed by atoms with Gasteiger partial charge in [0.25, 0.3) is 0 Å². The van der Waals surface area contributed by atoms with E-state index in [9.17, 15) is 9.59 Å². The van der Waals surface area contributed by atoms with Crippen molar-refractivity contribution in [1.82, 2.24) is 14.9 Å². The van der Waals surface area contributed by atoms with Crippen molar-refractivity contribution in [2.75, 3.05) is 24.7 Å². The average Bonchev–Trinajstić information content (AvgIpc) is 3.23. The Labute approximate surface area is 202 Å². The molecule has 0 saturated heterocycles. The number of imidazole rings is 1. The molecular formula is C26H26N4O3S. The van der Waals surface area contributed by atoms with Gasteiger partial charge in [-0.3, -0.25) is 14.2 Å². The number of aryl methyl sites for hydroxylation is 1. The van der Waals surface area contributed by atoms with Crippen LogP contribution in [0.3, 0.4) is 0 Å². The van der Waals surface area contributed by atoms with Crippen LogP contribution in [0, 0.1) is 13.8 Å². The Hall–Kier alpha value is -3.78. The second kappa shape index (κ2) is 10.4. The second-order valence-electron chi connectivity index (χ2n) is 7.78. The molecule has 0 spiro atoms. The van der Waals surface area contributed by atoms with Crippen LogP contribution in [0.1, 0.15) is 11.1 Å². The first-order chi connectivity index (χ1) is 16.5. The molecule has 0 aliphatic heterocycles. The summed E-state index contributed by atoms with van der Waals surface area (Å²) >= 11 is 1.32. The van der Waals surface area contributed by atoms with Gasteiger partial charge in [0.2, 0.25) is 11.8 Å². The first kappa shape index (κ1) is 23.4. The molecule has 0 atom stereocenters. The Morgan fingerprint density at radius 3 is 2.50 bits per heavy atom. The van der Waals surface area contributed by atoms with Gasteiger partial charge in [0.15, 0.2) is 5.16 Å². The summed E-state index contributed by atoms with van der Waals surface area (Å²) in [6.07, 6.45) is 0. The number of para-hydroxylation sites is 2. The van der Waals surface area contributed by atoms with Crippen molar-refractivity contribution in [2.45, 2.75) is 19.0 Å². The first-order valence-electron chi connectivity index (χ1n) is 10.8. The van der Waals surface area contributed by atoms with E-state index < -0.39 is 0 Å². The van der Waals surface area contributed by atoms with Gasteiger partial charge in [0, 0.05) is 11.4 Å². The standard InChI is InChI=1S/C26H26N4O3S/c1-17-7-6-9-21(18(17)2)28-24(31)15-27-25(32)16-34-26-29-22-8-4-5-10-23(22)30(26)19-11-13-20(33-3)14-12-19/h4-14H,15-16H2,1-3H3,(H,27,32)(H,28,31). The Kier molecular flexibility index (Phi) is 7.18. The Morgan fingerprint density at radius 2 is 1.74 bits per heavy atom. The maximum atomic E-state index is 12.5. The van der Waals surface area contributed by atoms with Crippen LogP contribution in [0.15, 0.2) is 71.9 Å². The number of nitrogens with one attached hydrogen (secondary N) is 2. The number of thioether (sulfide) groups is 1. The van der Waals surface area contributed by atoms with Gasteiger partial charge in [0.1, 0.15) is 5.75 Å². The minimum Gasteiger partial charge on any atom is -0.497 e. The molecular weight excluding hydrogens is 448 g/mol. The lowest BCUT2D eigenvalue weighted by molar-refractivity contribution is -0.122. The molecule has 0 aliphatic rings. The van der Waals surface area contributed by atoms with Crippen LogP contribution in [0.2, 0.25) is 0 Å². The van der Waals surface area contributed by atoms with Gasteiger partial charge in [-0.05, 0) is 67.4 Å². The summed E-state index contributed by atoms with van der Waals surface area (Å²) in [5, 5.41) is 6.24. The predicted molar refractivity (Wildman–Crippen MR) is 136 cm³/mol. The van der Waals surface area contributed by atoms with E-state index in [1.54, 1.807) is 7.11 Å². The van der Waals surface area contributed by atoms with Crippen LogP contribution < -0.4 is 15.4 Å². The lowest BCUT2D eigenvalue weighted by atomic mass is 10.1. The molecule has 4 aromatic rings. The Morgan fingerprint density at radius 1 is 0.971 bits per heavy atom. The number of hydrogen-bond donors (Lipinski definition) is 2. The molecule has 2 N–H and O–H groups in total. The highest BCUT2D eigenvalue weighted by Gasteiger charge is 2.15. The number of aromatic nitrogens is 2. The van der Waals surface area contributed by atoms with Crippen LogP contribution in [0.4, 0.5) is 5.69 Å². The quantitative estimate of drug-likeness (QED) is 0.367. The van der Waals surface area contributed by atoms with Gasteiger partial charge in [-0.15, -0.1) is 0 Å². The second-order valence-corrected chi connectivity index (χ2v) is 8.72. The summed E-state index contributed by atoms with van der Waals surface area (Å²) in [5.41, 5.74) is 5.57.